The van der Waals surface area contributed by atoms with Crippen molar-refractivity contribution in [1.82, 2.24) is 10.1 Å². The minimum atomic E-state index is -3.57. The Labute approximate surface area is 171 Å². The summed E-state index contributed by atoms with van der Waals surface area (Å²) in [5.74, 6) is 1.57. The van der Waals surface area contributed by atoms with Gasteiger partial charge in [-0.3, -0.25) is 0 Å². The van der Waals surface area contributed by atoms with Crippen LogP contribution in [0.3, 0.4) is 0 Å². The van der Waals surface area contributed by atoms with E-state index >= 15 is 0 Å². The monoisotopic (exact) mass is 425 g/mol. The third-order valence-corrected chi connectivity index (χ3v) is 6.28. The quantitative estimate of drug-likeness (QED) is 0.567. The average molecular weight is 426 g/mol. The Kier molecular flexibility index (Phi) is 7.10. The maximum absolute atomic E-state index is 13.9. The predicted octanol–water partition coefficient (Wildman–Crippen LogP) is 3.64. The number of hydrogen-bond donors (Lipinski definition) is 0. The summed E-state index contributed by atoms with van der Waals surface area (Å²) in [6, 6.07) is 3.88. The molecule has 1 aliphatic heterocycles. The molecule has 9 heteroatoms. The van der Waals surface area contributed by atoms with Crippen LogP contribution in [-0.4, -0.2) is 44.5 Å². The second-order valence-electron chi connectivity index (χ2n) is 7.52. The highest BCUT2D eigenvalue weighted by atomic mass is 32.2. The Bertz CT molecular complexity index is 908. The molecule has 0 saturated carbocycles. The number of piperidine rings is 1. The van der Waals surface area contributed by atoms with Crippen LogP contribution in [-0.2, 0) is 16.3 Å². The largest absolute Gasteiger partial charge is 0.493 e. The molecule has 0 radical (unpaired) electrons. The summed E-state index contributed by atoms with van der Waals surface area (Å²) < 4.78 is 47.6. The van der Waals surface area contributed by atoms with Crippen molar-refractivity contribution in [3.05, 3.63) is 29.9 Å². The second kappa shape index (κ2) is 9.56. The van der Waals surface area contributed by atoms with E-state index in [2.05, 4.69) is 22.0 Å². The van der Waals surface area contributed by atoms with Crippen molar-refractivity contribution in [1.29, 1.82) is 0 Å². The molecule has 1 aromatic heterocycles. The van der Waals surface area contributed by atoms with E-state index in [4.69, 9.17) is 9.26 Å². The van der Waals surface area contributed by atoms with Gasteiger partial charge in [-0.1, -0.05) is 6.92 Å². The van der Waals surface area contributed by atoms with Crippen LogP contribution in [0.25, 0.3) is 0 Å². The van der Waals surface area contributed by atoms with Gasteiger partial charge < -0.3 is 14.2 Å². The van der Waals surface area contributed by atoms with Gasteiger partial charge in [-0.15, -0.1) is 0 Å². The Morgan fingerprint density at radius 1 is 1.31 bits per heavy atom. The molecule has 2 aromatic rings. The lowest BCUT2D eigenvalue weighted by molar-refractivity contribution is 0.277. The Balaban J connectivity index is 1.38. The number of nitrogens with zero attached hydrogens (tertiary/aromatic N) is 3. The summed E-state index contributed by atoms with van der Waals surface area (Å²) >= 11 is 0. The Morgan fingerprint density at radius 3 is 2.72 bits per heavy atom. The number of sulfone groups is 1. The van der Waals surface area contributed by atoms with Crippen molar-refractivity contribution >= 4 is 15.8 Å². The smallest absolute Gasteiger partial charge is 0.266 e. The molecule has 1 saturated heterocycles. The fourth-order valence-electron chi connectivity index (χ4n) is 3.55. The first kappa shape index (κ1) is 21.5. The lowest BCUT2D eigenvalue weighted by Gasteiger charge is -2.30. The summed E-state index contributed by atoms with van der Waals surface area (Å²) in [6.07, 6.45) is 6.81. The Hall–Kier alpha value is -2.16. The van der Waals surface area contributed by atoms with E-state index in [9.17, 15) is 12.8 Å². The standard InChI is InChI=1S/C20H28FN3O4S/c1-3-5-19-22-20(23-28-19)24-11-9-15(10-12-24)6-4-13-27-16-7-8-18(17(21)14-16)29(2,25)26/h7-8,14-15H,3-6,9-13H2,1-2H3. The zero-order valence-electron chi connectivity index (χ0n) is 16.9. The first-order valence-corrected chi connectivity index (χ1v) is 12.0. The first-order valence-electron chi connectivity index (χ1n) is 10.1. The van der Waals surface area contributed by atoms with Gasteiger partial charge in [0.25, 0.3) is 5.95 Å². The summed E-state index contributed by atoms with van der Waals surface area (Å²) in [4.78, 5) is 6.31. The van der Waals surface area contributed by atoms with E-state index in [-0.39, 0.29) is 4.90 Å². The number of hydrogen-bond acceptors (Lipinski definition) is 7. The fourth-order valence-corrected chi connectivity index (χ4v) is 4.27. The highest BCUT2D eigenvalue weighted by Gasteiger charge is 2.22. The van der Waals surface area contributed by atoms with Gasteiger partial charge in [0.1, 0.15) is 16.5 Å². The average Bonchev–Trinajstić information content (AvgIpc) is 3.14. The maximum Gasteiger partial charge on any atom is 0.266 e. The molecule has 3 rings (SSSR count). The van der Waals surface area contributed by atoms with Crippen LogP contribution in [0, 0.1) is 11.7 Å². The number of benzene rings is 1. The molecule has 1 aromatic carbocycles. The number of halogens is 1. The molecule has 29 heavy (non-hydrogen) atoms. The van der Waals surface area contributed by atoms with Crippen LogP contribution in [0.5, 0.6) is 5.75 Å². The molecular formula is C20H28FN3O4S. The topological polar surface area (TPSA) is 85.5 Å². The molecule has 160 valence electrons. The third-order valence-electron chi connectivity index (χ3n) is 5.15. The highest BCUT2D eigenvalue weighted by Crippen LogP contribution is 2.25. The molecule has 1 fully saturated rings. The lowest BCUT2D eigenvalue weighted by atomic mass is 9.92. The summed E-state index contributed by atoms with van der Waals surface area (Å²) in [6.45, 7) is 4.38. The van der Waals surface area contributed by atoms with E-state index in [0.29, 0.717) is 30.1 Å². The lowest BCUT2D eigenvalue weighted by Crippen LogP contribution is -2.34. The first-order chi connectivity index (χ1) is 13.9. The SMILES string of the molecule is CCCc1nc(N2CCC(CCCOc3ccc(S(C)(=O)=O)c(F)c3)CC2)no1. The van der Waals surface area contributed by atoms with Gasteiger partial charge in [-0.05, 0) is 55.3 Å². The van der Waals surface area contributed by atoms with Crippen LogP contribution in [0.2, 0.25) is 0 Å². The highest BCUT2D eigenvalue weighted by molar-refractivity contribution is 7.90. The van der Waals surface area contributed by atoms with Crippen LogP contribution in [0.1, 0.15) is 44.9 Å². The summed E-state index contributed by atoms with van der Waals surface area (Å²) in [5.41, 5.74) is 0. The number of aryl methyl sites for hydroxylation is 1. The number of aromatic nitrogens is 2. The van der Waals surface area contributed by atoms with Crippen LogP contribution < -0.4 is 9.64 Å². The van der Waals surface area contributed by atoms with Gasteiger partial charge in [0.15, 0.2) is 9.84 Å². The Morgan fingerprint density at radius 2 is 2.07 bits per heavy atom. The van der Waals surface area contributed by atoms with E-state index < -0.39 is 15.7 Å². The van der Waals surface area contributed by atoms with Crippen molar-refractivity contribution in [2.24, 2.45) is 5.92 Å². The molecular weight excluding hydrogens is 397 g/mol. The van der Waals surface area contributed by atoms with Crippen molar-refractivity contribution in [3.8, 4) is 5.75 Å². The third kappa shape index (κ3) is 5.91. The van der Waals surface area contributed by atoms with Gasteiger partial charge in [0.2, 0.25) is 5.89 Å². The number of anilines is 1. The van der Waals surface area contributed by atoms with Crippen LogP contribution in [0.4, 0.5) is 10.3 Å². The van der Waals surface area contributed by atoms with Gasteiger partial charge in [0.05, 0.1) is 6.61 Å². The number of ether oxygens (including phenoxy) is 1. The van der Waals surface area contributed by atoms with Crippen molar-refractivity contribution < 1.29 is 22.1 Å². The zero-order valence-corrected chi connectivity index (χ0v) is 17.8. The zero-order chi connectivity index (χ0) is 20.9. The molecule has 0 spiro atoms. The molecule has 1 aliphatic rings. The fraction of sp³-hybridized carbons (Fsp3) is 0.600. The molecule has 7 nitrogen and oxygen atoms in total. The van der Waals surface area contributed by atoms with Crippen molar-refractivity contribution in [3.63, 3.8) is 0 Å². The molecule has 0 bridgehead atoms. The summed E-state index contributed by atoms with van der Waals surface area (Å²) in [5, 5.41) is 4.07. The second-order valence-corrected chi connectivity index (χ2v) is 9.51. The van der Waals surface area contributed by atoms with Gasteiger partial charge >= 0.3 is 0 Å². The molecule has 0 unspecified atom stereocenters. The number of rotatable bonds is 9. The van der Waals surface area contributed by atoms with Crippen LogP contribution >= 0.6 is 0 Å². The molecule has 0 aliphatic carbocycles. The van der Waals surface area contributed by atoms with E-state index in [0.717, 1.165) is 63.9 Å². The molecule has 0 N–H and O–H groups in total. The molecule has 0 atom stereocenters. The minimum Gasteiger partial charge on any atom is -0.493 e. The van der Waals surface area contributed by atoms with Crippen LogP contribution in [0.15, 0.2) is 27.6 Å². The minimum absolute atomic E-state index is 0.306. The van der Waals surface area contributed by atoms with Gasteiger partial charge in [-0.25, -0.2) is 12.8 Å². The normalized spacial score (nSPS) is 15.6. The van der Waals surface area contributed by atoms with Gasteiger partial charge in [-0.2, -0.15) is 4.98 Å². The van der Waals surface area contributed by atoms with Crippen molar-refractivity contribution in [2.75, 3.05) is 30.9 Å². The molecule has 2 heterocycles. The van der Waals surface area contributed by atoms with Gasteiger partial charge in [0, 0.05) is 31.8 Å². The van der Waals surface area contributed by atoms with Crippen molar-refractivity contribution in [2.45, 2.75) is 50.3 Å². The van der Waals surface area contributed by atoms with E-state index in [1.54, 1.807) is 0 Å². The van der Waals surface area contributed by atoms with E-state index in [1.165, 1.54) is 12.1 Å². The summed E-state index contributed by atoms with van der Waals surface area (Å²) in [7, 11) is -3.57. The maximum atomic E-state index is 13.9. The van der Waals surface area contributed by atoms with E-state index in [1.807, 2.05) is 0 Å². The predicted molar refractivity (Wildman–Crippen MR) is 107 cm³/mol. The molecule has 0 amide bonds.